The van der Waals surface area contributed by atoms with Crippen LogP contribution in [0.4, 0.5) is 0 Å². The fourth-order valence-corrected chi connectivity index (χ4v) is 3.79. The number of nitrogens with zero attached hydrogens (tertiary/aromatic N) is 1. The molecule has 3 N–H and O–H groups in total. The van der Waals surface area contributed by atoms with Crippen molar-refractivity contribution in [2.75, 3.05) is 14.1 Å². The number of benzene rings is 1. The van der Waals surface area contributed by atoms with Crippen LogP contribution in [0.5, 0.6) is 0 Å². The van der Waals surface area contributed by atoms with Gasteiger partial charge >= 0.3 is 5.97 Å². The van der Waals surface area contributed by atoms with Crippen LogP contribution < -0.4 is 10.6 Å². The Hall–Kier alpha value is -2.71. The second-order valence-corrected chi connectivity index (χ2v) is 10.4. The van der Waals surface area contributed by atoms with Gasteiger partial charge in [-0.3, -0.25) is 9.59 Å². The number of hydrogen-bond acceptors (Lipinski definition) is 5. The average Bonchev–Trinajstić information content (AvgIpc) is 2.78. The van der Waals surface area contributed by atoms with Crippen LogP contribution in [0, 0.1) is 11.3 Å². The molecular weight excluding hydrogens is 446 g/mol. The summed E-state index contributed by atoms with van der Waals surface area (Å²) < 4.78 is 5.93. The summed E-state index contributed by atoms with van der Waals surface area (Å²) in [6.07, 6.45) is 1.14. The number of rotatable bonds is 12. The van der Waals surface area contributed by atoms with Crippen LogP contribution in [-0.2, 0) is 25.7 Å². The summed E-state index contributed by atoms with van der Waals surface area (Å²) >= 11 is 0. The minimum absolute atomic E-state index is 0.0222. The molecule has 8 nitrogen and oxygen atoms in total. The molecule has 1 aromatic carbocycles. The first-order valence-corrected chi connectivity index (χ1v) is 12.0. The number of hydrogen-bond donors (Lipinski definition) is 3. The van der Waals surface area contributed by atoms with E-state index in [4.69, 9.17) is 4.74 Å². The number of likely N-dealkylation sites (N-methyl/N-ethyl adjacent to an activating group) is 2. The lowest BCUT2D eigenvalue weighted by atomic mass is 9.84. The largest absolute Gasteiger partial charge is 0.478 e. The van der Waals surface area contributed by atoms with Crippen LogP contribution in [0.2, 0.25) is 0 Å². The third-order valence-electron chi connectivity index (χ3n) is 6.05. The summed E-state index contributed by atoms with van der Waals surface area (Å²) in [5.74, 6) is -1.68. The summed E-state index contributed by atoms with van der Waals surface area (Å²) in [6.45, 7) is 13.2. The van der Waals surface area contributed by atoms with E-state index in [2.05, 4.69) is 10.6 Å². The Morgan fingerprint density at radius 3 is 2.14 bits per heavy atom. The minimum atomic E-state index is -1.03. The van der Waals surface area contributed by atoms with E-state index in [1.165, 1.54) is 11.8 Å². The van der Waals surface area contributed by atoms with Gasteiger partial charge in [0.05, 0.1) is 18.8 Å². The van der Waals surface area contributed by atoms with E-state index < -0.39 is 35.6 Å². The maximum absolute atomic E-state index is 13.6. The SMILES string of the molecule is CN[C@H](C(=O)N[C@H](C(=O)N(C)[C@H](C=C(C)C(=O)O)C(C)C)C(C)(C)C)[C@@H](C)OCc1ccccc1. The minimum Gasteiger partial charge on any atom is -0.478 e. The van der Waals surface area contributed by atoms with Crippen molar-refractivity contribution in [1.29, 1.82) is 0 Å². The molecule has 0 aliphatic rings. The van der Waals surface area contributed by atoms with Gasteiger partial charge in [0.2, 0.25) is 11.8 Å². The van der Waals surface area contributed by atoms with Crippen LogP contribution in [-0.4, -0.2) is 66.1 Å². The van der Waals surface area contributed by atoms with Crippen molar-refractivity contribution in [2.24, 2.45) is 11.3 Å². The van der Waals surface area contributed by atoms with Gasteiger partial charge in [-0.2, -0.15) is 0 Å². The molecule has 0 spiro atoms. The summed E-state index contributed by atoms with van der Waals surface area (Å²) in [4.78, 5) is 39.7. The molecule has 35 heavy (non-hydrogen) atoms. The highest BCUT2D eigenvalue weighted by atomic mass is 16.5. The van der Waals surface area contributed by atoms with Crippen LogP contribution in [0.25, 0.3) is 0 Å². The third-order valence-corrected chi connectivity index (χ3v) is 6.05. The summed E-state index contributed by atoms with van der Waals surface area (Å²) in [6, 6.07) is 7.77. The topological polar surface area (TPSA) is 108 Å². The van der Waals surface area contributed by atoms with Gasteiger partial charge in [0.25, 0.3) is 0 Å². The summed E-state index contributed by atoms with van der Waals surface area (Å²) in [5, 5.41) is 15.2. The first-order chi connectivity index (χ1) is 16.2. The molecule has 196 valence electrons. The molecule has 0 aliphatic carbocycles. The van der Waals surface area contributed by atoms with Crippen molar-refractivity contribution in [3.63, 3.8) is 0 Å². The number of carboxylic acids is 1. The fourth-order valence-electron chi connectivity index (χ4n) is 3.79. The Morgan fingerprint density at radius 2 is 1.69 bits per heavy atom. The van der Waals surface area contributed by atoms with E-state index in [1.54, 1.807) is 20.2 Å². The second kappa shape index (κ2) is 13.4. The van der Waals surface area contributed by atoms with Gasteiger partial charge in [-0.15, -0.1) is 0 Å². The highest BCUT2D eigenvalue weighted by Crippen LogP contribution is 2.24. The normalized spacial score (nSPS) is 15.8. The molecule has 8 heteroatoms. The standard InChI is InChI=1S/C27H43N3O5/c1-17(2)21(15-18(3)26(33)34)30(9)25(32)23(27(5,6)7)29-24(31)22(28-8)19(4)35-16-20-13-11-10-12-14-20/h10-15,17,19,21-23,28H,16H2,1-9H3,(H,29,31)(H,33,34)/t19-,21-,22+,23-/m1/s1. The number of carbonyl (C=O) groups excluding carboxylic acids is 2. The Balaban J connectivity index is 3.06. The maximum Gasteiger partial charge on any atom is 0.331 e. The lowest BCUT2D eigenvalue weighted by molar-refractivity contribution is -0.141. The number of nitrogens with one attached hydrogen (secondary N) is 2. The molecule has 1 aromatic rings. The van der Waals surface area contributed by atoms with Crippen molar-refractivity contribution < 1.29 is 24.2 Å². The molecule has 0 bridgehead atoms. The smallest absolute Gasteiger partial charge is 0.331 e. The Labute approximate surface area is 210 Å². The van der Waals surface area contributed by atoms with Crippen LogP contribution in [0.15, 0.2) is 42.0 Å². The zero-order valence-electron chi connectivity index (χ0n) is 22.6. The molecular formula is C27H43N3O5. The molecule has 0 aromatic heterocycles. The van der Waals surface area contributed by atoms with E-state index >= 15 is 0 Å². The van der Waals surface area contributed by atoms with E-state index in [1.807, 2.05) is 71.9 Å². The quantitative estimate of drug-likeness (QED) is 0.389. The van der Waals surface area contributed by atoms with Gasteiger partial charge in [-0.1, -0.05) is 71.0 Å². The monoisotopic (exact) mass is 489 g/mol. The molecule has 0 fully saturated rings. The predicted octanol–water partition coefficient (Wildman–Crippen LogP) is 3.22. The van der Waals surface area contributed by atoms with Gasteiger partial charge in [0, 0.05) is 12.6 Å². The second-order valence-electron chi connectivity index (χ2n) is 10.4. The third kappa shape index (κ3) is 9.11. The van der Waals surface area contributed by atoms with E-state index in [9.17, 15) is 19.5 Å². The predicted molar refractivity (Wildman–Crippen MR) is 138 cm³/mol. The Kier molecular flexibility index (Phi) is 11.6. The van der Waals surface area contributed by atoms with E-state index in [0.29, 0.717) is 6.61 Å². The molecule has 2 amide bonds. The fraction of sp³-hybridized carbons (Fsp3) is 0.593. The summed E-state index contributed by atoms with van der Waals surface area (Å²) in [5.41, 5.74) is 0.586. The maximum atomic E-state index is 13.6. The van der Waals surface area contributed by atoms with Crippen molar-refractivity contribution in [1.82, 2.24) is 15.5 Å². The molecule has 0 unspecified atom stereocenters. The van der Waals surface area contributed by atoms with Gasteiger partial charge in [-0.25, -0.2) is 4.79 Å². The first kappa shape index (κ1) is 30.3. The number of ether oxygens (including phenoxy) is 1. The number of amides is 2. The van der Waals surface area contributed by atoms with Gasteiger partial charge < -0.3 is 25.4 Å². The van der Waals surface area contributed by atoms with Crippen LogP contribution >= 0.6 is 0 Å². The molecule has 0 saturated carbocycles. The zero-order chi connectivity index (χ0) is 26.9. The molecule has 0 aliphatic heterocycles. The Bertz CT molecular complexity index is 877. The summed E-state index contributed by atoms with van der Waals surface area (Å²) in [7, 11) is 3.33. The number of carbonyl (C=O) groups is 3. The average molecular weight is 490 g/mol. The highest BCUT2D eigenvalue weighted by Gasteiger charge is 2.38. The lowest BCUT2D eigenvalue weighted by Gasteiger charge is -2.38. The highest BCUT2D eigenvalue weighted by molar-refractivity contribution is 5.91. The zero-order valence-corrected chi connectivity index (χ0v) is 22.6. The van der Waals surface area contributed by atoms with Gasteiger partial charge in [-0.05, 0) is 37.8 Å². The number of carboxylic acid groups (broad SMARTS) is 1. The number of aliphatic carboxylic acids is 1. The molecule has 0 heterocycles. The van der Waals surface area contributed by atoms with Crippen LogP contribution in [0.1, 0.15) is 54.0 Å². The van der Waals surface area contributed by atoms with Crippen molar-refractivity contribution in [2.45, 2.75) is 79.3 Å². The lowest BCUT2D eigenvalue weighted by Crippen LogP contribution is -2.60. The van der Waals surface area contributed by atoms with E-state index in [0.717, 1.165) is 5.56 Å². The Morgan fingerprint density at radius 1 is 1.11 bits per heavy atom. The van der Waals surface area contributed by atoms with E-state index in [-0.39, 0.29) is 23.3 Å². The van der Waals surface area contributed by atoms with Gasteiger partial charge in [0.15, 0.2) is 0 Å². The molecule has 0 radical (unpaired) electrons. The van der Waals surface area contributed by atoms with Crippen molar-refractivity contribution in [3.8, 4) is 0 Å². The molecule has 1 rings (SSSR count). The van der Waals surface area contributed by atoms with Crippen molar-refractivity contribution in [3.05, 3.63) is 47.5 Å². The molecule has 4 atom stereocenters. The van der Waals surface area contributed by atoms with Crippen molar-refractivity contribution >= 4 is 17.8 Å². The van der Waals surface area contributed by atoms with Crippen LogP contribution in [0.3, 0.4) is 0 Å². The first-order valence-electron chi connectivity index (χ1n) is 12.0. The molecule has 0 saturated heterocycles. The van der Waals surface area contributed by atoms with Gasteiger partial charge in [0.1, 0.15) is 12.1 Å².